The molecule has 0 aliphatic carbocycles. The molecule has 21 heavy (non-hydrogen) atoms. The van der Waals surface area contributed by atoms with Crippen LogP contribution >= 0.6 is 0 Å². The maximum absolute atomic E-state index is 12.0. The summed E-state index contributed by atoms with van der Waals surface area (Å²) in [6.45, 7) is 2.35. The van der Waals surface area contributed by atoms with Crippen molar-refractivity contribution >= 4 is 17.6 Å². The van der Waals surface area contributed by atoms with Gasteiger partial charge in [0.1, 0.15) is 11.4 Å². The quantitative estimate of drug-likeness (QED) is 0.869. The SMILES string of the molecule is CCOc1ccc(NC(=O)c2cccc(C(=O)O)n2)cn1. The lowest BCUT2D eigenvalue weighted by molar-refractivity contribution is 0.0690. The Morgan fingerprint density at radius 3 is 2.62 bits per heavy atom. The molecule has 0 saturated carbocycles. The van der Waals surface area contributed by atoms with Gasteiger partial charge in [-0.2, -0.15) is 0 Å². The van der Waals surface area contributed by atoms with Crippen LogP contribution in [0.2, 0.25) is 0 Å². The lowest BCUT2D eigenvalue weighted by atomic mass is 10.3. The summed E-state index contributed by atoms with van der Waals surface area (Å²) in [5, 5.41) is 11.4. The van der Waals surface area contributed by atoms with E-state index >= 15 is 0 Å². The zero-order valence-electron chi connectivity index (χ0n) is 11.2. The lowest BCUT2D eigenvalue weighted by Crippen LogP contribution is -2.15. The van der Waals surface area contributed by atoms with Gasteiger partial charge in [0.15, 0.2) is 0 Å². The topological polar surface area (TPSA) is 101 Å². The first kappa shape index (κ1) is 14.4. The molecule has 1 amide bonds. The minimum Gasteiger partial charge on any atom is -0.478 e. The zero-order chi connectivity index (χ0) is 15.2. The third kappa shape index (κ3) is 3.75. The number of rotatable bonds is 5. The molecule has 0 saturated heterocycles. The highest BCUT2D eigenvalue weighted by Gasteiger charge is 2.11. The van der Waals surface area contributed by atoms with Gasteiger partial charge in [0.2, 0.25) is 5.88 Å². The summed E-state index contributed by atoms with van der Waals surface area (Å²) in [5.41, 5.74) is 0.294. The van der Waals surface area contributed by atoms with Crippen LogP contribution in [0.5, 0.6) is 5.88 Å². The molecular formula is C14H13N3O4. The molecule has 2 rings (SSSR count). The Balaban J connectivity index is 2.10. The average Bonchev–Trinajstić information content (AvgIpc) is 2.49. The summed E-state index contributed by atoms with van der Waals surface area (Å²) in [7, 11) is 0. The fourth-order valence-electron chi connectivity index (χ4n) is 1.56. The van der Waals surface area contributed by atoms with E-state index in [1.807, 2.05) is 6.92 Å². The Labute approximate surface area is 120 Å². The normalized spacial score (nSPS) is 9.95. The number of hydrogen-bond donors (Lipinski definition) is 2. The smallest absolute Gasteiger partial charge is 0.354 e. The van der Waals surface area contributed by atoms with Crippen LogP contribution < -0.4 is 10.1 Å². The van der Waals surface area contributed by atoms with E-state index in [1.54, 1.807) is 12.1 Å². The molecule has 2 N–H and O–H groups in total. The fraction of sp³-hybridized carbons (Fsp3) is 0.143. The molecule has 2 aromatic rings. The molecule has 0 atom stereocenters. The number of pyridine rings is 2. The van der Waals surface area contributed by atoms with Gasteiger partial charge < -0.3 is 15.2 Å². The largest absolute Gasteiger partial charge is 0.478 e. The molecule has 7 nitrogen and oxygen atoms in total. The van der Waals surface area contributed by atoms with Crippen molar-refractivity contribution < 1.29 is 19.4 Å². The van der Waals surface area contributed by atoms with Crippen LogP contribution in [-0.4, -0.2) is 33.6 Å². The molecule has 0 aliphatic heterocycles. The first-order valence-electron chi connectivity index (χ1n) is 6.20. The second-order valence-electron chi connectivity index (χ2n) is 3.99. The molecule has 0 aliphatic rings. The Morgan fingerprint density at radius 2 is 2.00 bits per heavy atom. The number of ether oxygens (including phenoxy) is 1. The molecule has 7 heteroatoms. The monoisotopic (exact) mass is 287 g/mol. The van der Waals surface area contributed by atoms with Gasteiger partial charge in [-0.05, 0) is 25.1 Å². The summed E-state index contributed by atoms with van der Waals surface area (Å²) in [4.78, 5) is 30.6. The number of nitrogens with one attached hydrogen (secondary N) is 1. The van der Waals surface area contributed by atoms with Crippen molar-refractivity contribution in [2.24, 2.45) is 0 Å². The number of carboxylic acids is 1. The van der Waals surface area contributed by atoms with Gasteiger partial charge in [0, 0.05) is 6.07 Å². The molecule has 2 heterocycles. The van der Waals surface area contributed by atoms with Crippen molar-refractivity contribution in [1.29, 1.82) is 0 Å². The molecule has 0 spiro atoms. The molecule has 2 aromatic heterocycles. The van der Waals surface area contributed by atoms with E-state index in [1.165, 1.54) is 24.4 Å². The fourth-order valence-corrected chi connectivity index (χ4v) is 1.56. The van der Waals surface area contributed by atoms with E-state index in [0.29, 0.717) is 18.2 Å². The number of hydrogen-bond acceptors (Lipinski definition) is 5. The van der Waals surface area contributed by atoms with Crippen LogP contribution in [0, 0.1) is 0 Å². The number of anilines is 1. The highest BCUT2D eigenvalue weighted by Crippen LogP contribution is 2.12. The summed E-state index contributed by atoms with van der Waals surface area (Å²) in [6.07, 6.45) is 1.45. The van der Waals surface area contributed by atoms with Crippen LogP contribution in [0.1, 0.15) is 27.9 Å². The number of amides is 1. The van der Waals surface area contributed by atoms with Crippen LogP contribution in [0.3, 0.4) is 0 Å². The van der Waals surface area contributed by atoms with Crippen LogP contribution in [-0.2, 0) is 0 Å². The van der Waals surface area contributed by atoms with Crippen LogP contribution in [0.4, 0.5) is 5.69 Å². The third-order valence-corrected chi connectivity index (χ3v) is 2.49. The van der Waals surface area contributed by atoms with E-state index < -0.39 is 11.9 Å². The number of carbonyl (C=O) groups excluding carboxylic acids is 1. The average molecular weight is 287 g/mol. The van der Waals surface area contributed by atoms with Crippen molar-refractivity contribution in [2.75, 3.05) is 11.9 Å². The molecule has 108 valence electrons. The van der Waals surface area contributed by atoms with Crippen molar-refractivity contribution in [3.8, 4) is 5.88 Å². The van der Waals surface area contributed by atoms with Crippen molar-refractivity contribution in [1.82, 2.24) is 9.97 Å². The Morgan fingerprint density at radius 1 is 1.24 bits per heavy atom. The second-order valence-corrected chi connectivity index (χ2v) is 3.99. The van der Waals surface area contributed by atoms with E-state index in [0.717, 1.165) is 0 Å². The number of aromatic carboxylic acids is 1. The number of carbonyl (C=O) groups is 2. The lowest BCUT2D eigenvalue weighted by Gasteiger charge is -2.06. The predicted octanol–water partition coefficient (Wildman–Crippen LogP) is 1.83. The standard InChI is InChI=1S/C14H13N3O4/c1-2-21-12-7-6-9(8-15-12)16-13(18)10-4-3-5-11(17-10)14(19)20/h3-8H,2H2,1H3,(H,16,18)(H,19,20). The zero-order valence-corrected chi connectivity index (χ0v) is 11.2. The minimum atomic E-state index is -1.19. The van der Waals surface area contributed by atoms with Gasteiger partial charge in [-0.1, -0.05) is 6.07 Å². The molecule has 0 radical (unpaired) electrons. The van der Waals surface area contributed by atoms with Gasteiger partial charge in [-0.3, -0.25) is 4.79 Å². The molecule has 0 aromatic carbocycles. The van der Waals surface area contributed by atoms with Gasteiger partial charge in [-0.15, -0.1) is 0 Å². The summed E-state index contributed by atoms with van der Waals surface area (Å²) < 4.78 is 5.19. The van der Waals surface area contributed by atoms with Crippen molar-refractivity contribution in [3.05, 3.63) is 47.9 Å². The highest BCUT2D eigenvalue weighted by molar-refractivity contribution is 6.03. The maximum Gasteiger partial charge on any atom is 0.354 e. The molecule has 0 fully saturated rings. The first-order chi connectivity index (χ1) is 10.1. The van der Waals surface area contributed by atoms with E-state index in [2.05, 4.69) is 15.3 Å². The summed E-state index contributed by atoms with van der Waals surface area (Å²) >= 11 is 0. The van der Waals surface area contributed by atoms with E-state index in [4.69, 9.17) is 9.84 Å². The molecule has 0 unspecified atom stereocenters. The molecule has 0 bridgehead atoms. The van der Waals surface area contributed by atoms with Gasteiger partial charge in [0.05, 0.1) is 18.5 Å². The van der Waals surface area contributed by atoms with Gasteiger partial charge in [0.25, 0.3) is 5.91 Å². The molecular weight excluding hydrogens is 274 g/mol. The first-order valence-corrected chi connectivity index (χ1v) is 6.20. The summed E-state index contributed by atoms with van der Waals surface area (Å²) in [5.74, 6) is -1.24. The summed E-state index contributed by atoms with van der Waals surface area (Å²) in [6, 6.07) is 7.47. The Hall–Kier alpha value is -2.96. The number of aromatic nitrogens is 2. The van der Waals surface area contributed by atoms with Crippen molar-refractivity contribution in [3.63, 3.8) is 0 Å². The third-order valence-electron chi connectivity index (χ3n) is 2.49. The van der Waals surface area contributed by atoms with E-state index in [9.17, 15) is 9.59 Å². The van der Waals surface area contributed by atoms with Crippen LogP contribution in [0.15, 0.2) is 36.5 Å². The Kier molecular flexibility index (Phi) is 4.45. The number of nitrogens with zero attached hydrogens (tertiary/aromatic N) is 2. The maximum atomic E-state index is 12.0. The second kappa shape index (κ2) is 6.47. The number of carboxylic acid groups (broad SMARTS) is 1. The van der Waals surface area contributed by atoms with Crippen LogP contribution in [0.25, 0.3) is 0 Å². The minimum absolute atomic E-state index is 0.0174. The van der Waals surface area contributed by atoms with Gasteiger partial charge >= 0.3 is 5.97 Å². The van der Waals surface area contributed by atoms with Gasteiger partial charge in [-0.25, -0.2) is 14.8 Å². The van der Waals surface area contributed by atoms with Crippen molar-refractivity contribution in [2.45, 2.75) is 6.92 Å². The highest BCUT2D eigenvalue weighted by atomic mass is 16.5. The van der Waals surface area contributed by atoms with E-state index in [-0.39, 0.29) is 11.4 Å². The predicted molar refractivity (Wildman–Crippen MR) is 74.6 cm³/mol. The Bertz CT molecular complexity index is 656.